The van der Waals surface area contributed by atoms with E-state index in [9.17, 15) is 4.79 Å². The molecule has 0 aromatic carbocycles. The number of rotatable bonds is 7. The number of nitrogens with zero attached hydrogens (tertiary/aromatic N) is 2. The van der Waals surface area contributed by atoms with Gasteiger partial charge in [-0.15, -0.1) is 0 Å². The van der Waals surface area contributed by atoms with E-state index in [1.165, 1.54) is 19.4 Å². The van der Waals surface area contributed by atoms with Gasteiger partial charge < -0.3 is 19.3 Å². The Morgan fingerprint density at radius 1 is 1.18 bits per heavy atom. The quantitative estimate of drug-likeness (QED) is 0.712. The number of amides is 1. The summed E-state index contributed by atoms with van der Waals surface area (Å²) in [4.78, 5) is 16.8. The monoisotopic (exact) mass is 310 g/mol. The number of hydrogen-bond acceptors (Lipinski definition) is 4. The second-order valence-electron chi connectivity index (χ2n) is 7.27. The molecule has 0 N–H and O–H groups in total. The van der Waals surface area contributed by atoms with Gasteiger partial charge in [-0.3, -0.25) is 4.79 Å². The van der Waals surface area contributed by atoms with Crippen LogP contribution in [0, 0.1) is 11.8 Å². The van der Waals surface area contributed by atoms with Crippen LogP contribution in [-0.4, -0.2) is 74.9 Å². The minimum absolute atomic E-state index is 0.177. The number of ether oxygens (including phenoxy) is 2. The van der Waals surface area contributed by atoms with Gasteiger partial charge in [-0.2, -0.15) is 0 Å². The molecule has 3 aliphatic rings. The van der Waals surface area contributed by atoms with E-state index in [0.29, 0.717) is 24.9 Å². The highest BCUT2D eigenvalue weighted by Gasteiger charge is 2.28. The van der Waals surface area contributed by atoms with Gasteiger partial charge in [0.25, 0.3) is 0 Å². The molecule has 0 bridgehead atoms. The molecule has 0 spiro atoms. The molecule has 1 saturated carbocycles. The molecule has 126 valence electrons. The molecule has 2 atom stereocenters. The Bertz CT molecular complexity index is 367. The lowest BCUT2D eigenvalue weighted by atomic mass is 10.0. The van der Waals surface area contributed by atoms with Crippen LogP contribution >= 0.6 is 0 Å². The van der Waals surface area contributed by atoms with Gasteiger partial charge in [0, 0.05) is 45.8 Å². The Kier molecular flexibility index (Phi) is 5.71. The third-order valence-electron chi connectivity index (χ3n) is 5.06. The van der Waals surface area contributed by atoms with Gasteiger partial charge >= 0.3 is 0 Å². The highest BCUT2D eigenvalue weighted by atomic mass is 16.5. The Labute approximate surface area is 133 Å². The van der Waals surface area contributed by atoms with E-state index in [4.69, 9.17) is 9.47 Å². The highest BCUT2D eigenvalue weighted by Crippen LogP contribution is 2.29. The summed E-state index contributed by atoms with van der Waals surface area (Å²) in [6.07, 6.45) is 5.69. The maximum atomic E-state index is 12.4. The third kappa shape index (κ3) is 4.93. The molecule has 2 unspecified atom stereocenters. The van der Waals surface area contributed by atoms with Gasteiger partial charge in [0.1, 0.15) is 0 Å². The number of hydrogen-bond donors (Lipinski definition) is 0. The average Bonchev–Trinajstić information content (AvgIpc) is 3.16. The van der Waals surface area contributed by atoms with Gasteiger partial charge in [-0.1, -0.05) is 0 Å². The van der Waals surface area contributed by atoms with Gasteiger partial charge in [0.2, 0.25) is 5.91 Å². The SMILES string of the molecule is CN(CC1CC1)CC1CN(C(=O)CCC2CCOC2)CCO1. The fraction of sp³-hybridized carbons (Fsp3) is 0.941. The zero-order chi connectivity index (χ0) is 15.4. The topological polar surface area (TPSA) is 42.0 Å². The third-order valence-corrected chi connectivity index (χ3v) is 5.06. The molecule has 3 fully saturated rings. The summed E-state index contributed by atoms with van der Waals surface area (Å²) < 4.78 is 11.2. The molecule has 2 heterocycles. The van der Waals surface area contributed by atoms with Gasteiger partial charge in [-0.25, -0.2) is 0 Å². The summed E-state index contributed by atoms with van der Waals surface area (Å²) in [5.41, 5.74) is 0. The molecule has 2 aliphatic heterocycles. The van der Waals surface area contributed by atoms with E-state index in [2.05, 4.69) is 11.9 Å². The molecule has 5 nitrogen and oxygen atoms in total. The molecule has 0 radical (unpaired) electrons. The van der Waals surface area contributed by atoms with E-state index in [0.717, 1.165) is 51.6 Å². The second kappa shape index (κ2) is 7.75. The lowest BCUT2D eigenvalue weighted by molar-refractivity contribution is -0.139. The number of morpholine rings is 1. The van der Waals surface area contributed by atoms with Crippen molar-refractivity contribution < 1.29 is 14.3 Å². The summed E-state index contributed by atoms with van der Waals surface area (Å²) in [6, 6.07) is 0. The van der Waals surface area contributed by atoms with Gasteiger partial charge in [0.15, 0.2) is 0 Å². The van der Waals surface area contributed by atoms with E-state index in [-0.39, 0.29) is 6.10 Å². The van der Waals surface area contributed by atoms with Crippen LogP contribution in [0.5, 0.6) is 0 Å². The van der Waals surface area contributed by atoms with Crippen molar-refractivity contribution in [1.82, 2.24) is 9.80 Å². The lowest BCUT2D eigenvalue weighted by Crippen LogP contribution is -2.49. The second-order valence-corrected chi connectivity index (χ2v) is 7.27. The van der Waals surface area contributed by atoms with Crippen molar-refractivity contribution in [1.29, 1.82) is 0 Å². The van der Waals surface area contributed by atoms with Crippen LogP contribution in [0.3, 0.4) is 0 Å². The minimum Gasteiger partial charge on any atom is -0.381 e. The summed E-state index contributed by atoms with van der Waals surface area (Å²) >= 11 is 0. The number of carbonyl (C=O) groups excluding carboxylic acids is 1. The van der Waals surface area contributed by atoms with Crippen molar-refractivity contribution in [2.24, 2.45) is 11.8 Å². The van der Waals surface area contributed by atoms with Crippen molar-refractivity contribution in [3.8, 4) is 0 Å². The maximum Gasteiger partial charge on any atom is 0.222 e. The molecule has 2 saturated heterocycles. The Morgan fingerprint density at radius 3 is 2.77 bits per heavy atom. The van der Waals surface area contributed by atoms with Gasteiger partial charge in [0.05, 0.1) is 12.7 Å². The smallest absolute Gasteiger partial charge is 0.222 e. The standard InChI is InChI=1S/C17H30N2O3/c1-18(10-14-2-3-14)11-16-12-19(7-9-22-16)17(20)5-4-15-6-8-21-13-15/h14-16H,2-13H2,1H3. The van der Waals surface area contributed by atoms with Crippen LogP contribution in [0.1, 0.15) is 32.1 Å². The normalized spacial score (nSPS) is 29.3. The van der Waals surface area contributed by atoms with Crippen molar-refractivity contribution >= 4 is 5.91 Å². The molecule has 3 rings (SSSR count). The Hall–Kier alpha value is -0.650. The lowest BCUT2D eigenvalue weighted by Gasteiger charge is -2.35. The largest absolute Gasteiger partial charge is 0.381 e. The Morgan fingerprint density at radius 2 is 2.05 bits per heavy atom. The predicted octanol–water partition coefficient (Wildman–Crippen LogP) is 1.37. The highest BCUT2D eigenvalue weighted by molar-refractivity contribution is 5.76. The molecular weight excluding hydrogens is 280 g/mol. The van der Waals surface area contributed by atoms with Crippen molar-refractivity contribution in [3.05, 3.63) is 0 Å². The predicted molar refractivity (Wildman–Crippen MR) is 84.7 cm³/mol. The van der Waals surface area contributed by atoms with Crippen LogP contribution < -0.4 is 0 Å². The number of likely N-dealkylation sites (N-methyl/N-ethyl adjacent to an activating group) is 1. The van der Waals surface area contributed by atoms with E-state index in [1.54, 1.807) is 0 Å². The van der Waals surface area contributed by atoms with Crippen molar-refractivity contribution in [2.75, 3.05) is 53.0 Å². The molecule has 1 aliphatic carbocycles. The summed E-state index contributed by atoms with van der Waals surface area (Å²) in [5, 5.41) is 0. The summed E-state index contributed by atoms with van der Waals surface area (Å²) in [6.45, 7) is 6.01. The van der Waals surface area contributed by atoms with E-state index >= 15 is 0 Å². The number of carbonyl (C=O) groups is 1. The minimum atomic E-state index is 0.177. The van der Waals surface area contributed by atoms with Crippen LogP contribution in [0.25, 0.3) is 0 Å². The van der Waals surface area contributed by atoms with Crippen LogP contribution in [0.2, 0.25) is 0 Å². The first-order valence-electron chi connectivity index (χ1n) is 8.86. The van der Waals surface area contributed by atoms with E-state index < -0.39 is 0 Å². The molecule has 0 aromatic rings. The zero-order valence-electron chi connectivity index (χ0n) is 13.8. The first kappa shape index (κ1) is 16.2. The first-order chi connectivity index (χ1) is 10.7. The first-order valence-corrected chi connectivity index (χ1v) is 8.86. The Balaban J connectivity index is 1.37. The molecule has 22 heavy (non-hydrogen) atoms. The zero-order valence-corrected chi connectivity index (χ0v) is 13.8. The van der Waals surface area contributed by atoms with Crippen LogP contribution in [0.4, 0.5) is 0 Å². The summed E-state index contributed by atoms with van der Waals surface area (Å²) in [7, 11) is 2.17. The van der Waals surface area contributed by atoms with Crippen molar-refractivity contribution in [2.45, 2.75) is 38.2 Å². The fourth-order valence-corrected chi connectivity index (χ4v) is 3.52. The van der Waals surface area contributed by atoms with Crippen LogP contribution in [0.15, 0.2) is 0 Å². The average molecular weight is 310 g/mol. The van der Waals surface area contributed by atoms with E-state index in [1.807, 2.05) is 4.90 Å². The van der Waals surface area contributed by atoms with Gasteiger partial charge in [-0.05, 0) is 44.6 Å². The van der Waals surface area contributed by atoms with Crippen molar-refractivity contribution in [3.63, 3.8) is 0 Å². The molecule has 0 aromatic heterocycles. The summed E-state index contributed by atoms with van der Waals surface area (Å²) in [5.74, 6) is 1.79. The molecule has 5 heteroatoms. The van der Waals surface area contributed by atoms with Crippen LogP contribution in [-0.2, 0) is 14.3 Å². The maximum absolute atomic E-state index is 12.4. The molecule has 1 amide bonds. The molecular formula is C17H30N2O3. The fourth-order valence-electron chi connectivity index (χ4n) is 3.52.